The number of aromatic nitrogens is 1. The van der Waals surface area contributed by atoms with Crippen LogP contribution in [0.25, 0.3) is 0 Å². The van der Waals surface area contributed by atoms with Gasteiger partial charge in [-0.05, 0) is 18.4 Å². The third-order valence-corrected chi connectivity index (χ3v) is 2.78. The summed E-state index contributed by atoms with van der Waals surface area (Å²) in [6.07, 6.45) is 1.41. The Balaban J connectivity index is 3.50. The molecule has 0 spiro atoms. The Kier molecular flexibility index (Phi) is 3.74. The highest BCUT2D eigenvalue weighted by Gasteiger charge is 2.14. The van der Waals surface area contributed by atoms with Crippen molar-refractivity contribution in [3.63, 3.8) is 0 Å². The Morgan fingerprint density at radius 3 is 2.36 bits per heavy atom. The average Bonchev–Trinajstić information content (AvgIpc) is 2.20. The van der Waals surface area contributed by atoms with Crippen molar-refractivity contribution in [1.29, 1.82) is 5.26 Å². The zero-order valence-electron chi connectivity index (χ0n) is 8.06. The van der Waals surface area contributed by atoms with Crippen LogP contribution in [0.1, 0.15) is 30.7 Å². The summed E-state index contributed by atoms with van der Waals surface area (Å²) in [4.78, 5) is 4.08. The first-order chi connectivity index (χ1) is 6.65. The van der Waals surface area contributed by atoms with E-state index in [1.807, 2.05) is 19.9 Å². The molecule has 0 aliphatic heterocycles. The number of halogens is 2. The molecule has 2 nitrogen and oxygen atoms in total. The molecule has 14 heavy (non-hydrogen) atoms. The second-order valence-corrected chi connectivity index (χ2v) is 3.57. The molecule has 4 heteroatoms. The molecule has 0 amide bonds. The van der Waals surface area contributed by atoms with Gasteiger partial charge in [-0.25, -0.2) is 4.98 Å². The van der Waals surface area contributed by atoms with Crippen LogP contribution in [0.15, 0.2) is 0 Å². The molecule has 0 aromatic carbocycles. The highest BCUT2D eigenvalue weighted by molar-refractivity contribution is 6.34. The molecule has 1 aromatic heterocycles. The zero-order valence-corrected chi connectivity index (χ0v) is 9.58. The second-order valence-electron chi connectivity index (χ2n) is 2.84. The molecule has 0 radical (unpaired) electrons. The third-order valence-electron chi connectivity index (χ3n) is 2.06. The molecule has 0 fully saturated rings. The number of hydrogen-bond acceptors (Lipinski definition) is 2. The van der Waals surface area contributed by atoms with Crippen LogP contribution in [0.5, 0.6) is 0 Å². The molecule has 1 heterocycles. The number of nitrogens with zero attached hydrogens (tertiary/aromatic N) is 2. The maximum absolute atomic E-state index is 8.89. The van der Waals surface area contributed by atoms with Gasteiger partial charge in [-0.3, -0.25) is 0 Å². The van der Waals surface area contributed by atoms with E-state index in [1.54, 1.807) is 0 Å². The van der Waals surface area contributed by atoms with Crippen LogP contribution in [0.4, 0.5) is 0 Å². The lowest BCUT2D eigenvalue weighted by Gasteiger charge is -2.09. The topological polar surface area (TPSA) is 36.7 Å². The van der Waals surface area contributed by atoms with Crippen molar-refractivity contribution in [2.24, 2.45) is 0 Å². The lowest BCUT2D eigenvalue weighted by atomic mass is 10.1. The lowest BCUT2D eigenvalue weighted by molar-refractivity contribution is 1.000. The van der Waals surface area contributed by atoms with Crippen molar-refractivity contribution < 1.29 is 0 Å². The molecule has 0 bridgehead atoms. The van der Waals surface area contributed by atoms with Crippen LogP contribution in [-0.2, 0) is 12.8 Å². The number of aryl methyl sites for hydroxylation is 1. The largest absolute Gasteiger partial charge is 0.238 e. The molecular formula is C10H10Cl2N2. The Morgan fingerprint density at radius 1 is 1.29 bits per heavy atom. The SMILES string of the molecule is CCc1nc(Cl)c(C#N)c(CC)c1Cl. The van der Waals surface area contributed by atoms with Gasteiger partial charge in [-0.2, -0.15) is 5.26 Å². The van der Waals surface area contributed by atoms with Gasteiger partial charge in [0.25, 0.3) is 0 Å². The fourth-order valence-corrected chi connectivity index (χ4v) is 1.97. The third kappa shape index (κ3) is 1.84. The molecule has 1 aromatic rings. The van der Waals surface area contributed by atoms with Crippen molar-refractivity contribution in [2.75, 3.05) is 0 Å². The quantitative estimate of drug-likeness (QED) is 0.729. The van der Waals surface area contributed by atoms with Gasteiger partial charge in [0.15, 0.2) is 0 Å². The highest BCUT2D eigenvalue weighted by Crippen LogP contribution is 2.28. The Hall–Kier alpha value is -0.780. The number of pyridine rings is 1. The van der Waals surface area contributed by atoms with Gasteiger partial charge in [-0.1, -0.05) is 37.0 Å². The summed E-state index contributed by atoms with van der Waals surface area (Å²) in [6.45, 7) is 3.90. The summed E-state index contributed by atoms with van der Waals surface area (Å²) in [7, 11) is 0. The van der Waals surface area contributed by atoms with Crippen molar-refractivity contribution in [3.8, 4) is 6.07 Å². The minimum absolute atomic E-state index is 0.255. The summed E-state index contributed by atoms with van der Waals surface area (Å²) in [5.74, 6) is 0. The van der Waals surface area contributed by atoms with Crippen LogP contribution in [0, 0.1) is 11.3 Å². The smallest absolute Gasteiger partial charge is 0.147 e. The predicted octanol–water partition coefficient (Wildman–Crippen LogP) is 3.38. The summed E-state index contributed by atoms with van der Waals surface area (Å²) >= 11 is 12.0. The van der Waals surface area contributed by atoms with Crippen LogP contribution in [0.2, 0.25) is 10.2 Å². The van der Waals surface area contributed by atoms with E-state index in [0.29, 0.717) is 17.0 Å². The van der Waals surface area contributed by atoms with Gasteiger partial charge in [0, 0.05) is 0 Å². The van der Waals surface area contributed by atoms with Crippen LogP contribution in [0.3, 0.4) is 0 Å². The predicted molar refractivity (Wildman–Crippen MR) is 57.7 cm³/mol. The minimum atomic E-state index is 0.255. The van der Waals surface area contributed by atoms with E-state index in [-0.39, 0.29) is 5.15 Å². The van der Waals surface area contributed by atoms with E-state index in [0.717, 1.165) is 17.7 Å². The van der Waals surface area contributed by atoms with Crippen LogP contribution < -0.4 is 0 Å². The van der Waals surface area contributed by atoms with E-state index in [1.165, 1.54) is 0 Å². The number of rotatable bonds is 2. The maximum Gasteiger partial charge on any atom is 0.147 e. The van der Waals surface area contributed by atoms with Gasteiger partial charge in [0.2, 0.25) is 0 Å². The van der Waals surface area contributed by atoms with Crippen molar-refractivity contribution >= 4 is 23.2 Å². The van der Waals surface area contributed by atoms with E-state index in [2.05, 4.69) is 4.98 Å². The van der Waals surface area contributed by atoms with Gasteiger partial charge >= 0.3 is 0 Å². The molecule has 0 N–H and O–H groups in total. The Morgan fingerprint density at radius 2 is 1.93 bits per heavy atom. The molecule has 0 saturated heterocycles. The summed E-state index contributed by atoms with van der Waals surface area (Å²) < 4.78 is 0. The zero-order chi connectivity index (χ0) is 10.7. The van der Waals surface area contributed by atoms with Crippen LogP contribution >= 0.6 is 23.2 Å². The Labute approximate surface area is 93.5 Å². The van der Waals surface area contributed by atoms with E-state index < -0.39 is 0 Å². The van der Waals surface area contributed by atoms with Crippen LogP contribution in [-0.4, -0.2) is 4.98 Å². The summed E-state index contributed by atoms with van der Waals surface area (Å²) in [5, 5.41) is 9.72. The van der Waals surface area contributed by atoms with Gasteiger partial charge in [0.1, 0.15) is 11.2 Å². The minimum Gasteiger partial charge on any atom is -0.238 e. The second kappa shape index (κ2) is 4.63. The first kappa shape index (κ1) is 11.3. The molecule has 0 atom stereocenters. The highest BCUT2D eigenvalue weighted by atomic mass is 35.5. The van der Waals surface area contributed by atoms with Gasteiger partial charge in [-0.15, -0.1) is 0 Å². The molecule has 74 valence electrons. The van der Waals surface area contributed by atoms with Crippen molar-refractivity contribution in [1.82, 2.24) is 4.98 Å². The van der Waals surface area contributed by atoms with Crippen molar-refractivity contribution in [3.05, 3.63) is 27.0 Å². The molecule has 0 saturated carbocycles. The number of nitriles is 1. The number of hydrogen-bond donors (Lipinski definition) is 0. The fourth-order valence-electron chi connectivity index (χ4n) is 1.31. The summed E-state index contributed by atoms with van der Waals surface area (Å²) in [6, 6.07) is 2.03. The molecular weight excluding hydrogens is 219 g/mol. The van der Waals surface area contributed by atoms with Gasteiger partial charge in [0.05, 0.1) is 16.3 Å². The fraction of sp³-hybridized carbons (Fsp3) is 0.400. The van der Waals surface area contributed by atoms with E-state index in [9.17, 15) is 0 Å². The normalized spacial score (nSPS) is 9.93. The van der Waals surface area contributed by atoms with E-state index >= 15 is 0 Å². The standard InChI is InChI=1S/C10H10Cl2N2/c1-3-6-7(5-13)10(12)14-8(4-2)9(6)11/h3-4H2,1-2H3. The molecule has 0 unspecified atom stereocenters. The first-order valence-electron chi connectivity index (χ1n) is 4.42. The van der Waals surface area contributed by atoms with Gasteiger partial charge < -0.3 is 0 Å². The lowest BCUT2D eigenvalue weighted by Crippen LogP contribution is -1.99. The summed E-state index contributed by atoms with van der Waals surface area (Å²) in [5.41, 5.74) is 1.95. The monoisotopic (exact) mass is 228 g/mol. The molecule has 1 rings (SSSR count). The first-order valence-corrected chi connectivity index (χ1v) is 5.18. The Bertz CT molecular complexity index is 393. The molecule has 0 aliphatic rings. The maximum atomic E-state index is 8.89. The molecule has 0 aliphatic carbocycles. The van der Waals surface area contributed by atoms with Crippen molar-refractivity contribution in [2.45, 2.75) is 26.7 Å². The van der Waals surface area contributed by atoms with E-state index in [4.69, 9.17) is 28.5 Å². The average molecular weight is 229 g/mol.